The first-order valence-corrected chi connectivity index (χ1v) is 6.99. The summed E-state index contributed by atoms with van der Waals surface area (Å²) in [4.78, 5) is 25.4. The van der Waals surface area contributed by atoms with E-state index in [1.54, 1.807) is 13.2 Å². The van der Waals surface area contributed by atoms with E-state index in [1.165, 1.54) is 21.8 Å². The van der Waals surface area contributed by atoms with Gasteiger partial charge < -0.3 is 10.2 Å². The summed E-state index contributed by atoms with van der Waals surface area (Å²) in [5.41, 5.74) is 0.504. The quantitative estimate of drug-likeness (QED) is 0.936. The van der Waals surface area contributed by atoms with E-state index in [4.69, 9.17) is 0 Å². The third kappa shape index (κ3) is 3.05. The van der Waals surface area contributed by atoms with Crippen LogP contribution in [0.25, 0.3) is 0 Å². The Bertz CT molecular complexity index is 775. The number of aromatic nitrogens is 2. The van der Waals surface area contributed by atoms with Gasteiger partial charge in [-0.2, -0.15) is 5.10 Å². The Kier molecular flexibility index (Phi) is 3.81. The van der Waals surface area contributed by atoms with Crippen molar-refractivity contribution >= 4 is 23.2 Å². The van der Waals surface area contributed by atoms with Crippen molar-refractivity contribution in [3.05, 3.63) is 42.2 Å². The van der Waals surface area contributed by atoms with Crippen molar-refractivity contribution in [2.75, 3.05) is 16.8 Å². The van der Waals surface area contributed by atoms with E-state index >= 15 is 0 Å². The zero-order chi connectivity index (χ0) is 16.6. The van der Waals surface area contributed by atoms with Crippen LogP contribution in [0.1, 0.15) is 6.42 Å². The van der Waals surface area contributed by atoms with E-state index in [2.05, 4.69) is 10.4 Å². The Hall–Kier alpha value is -2.77. The molecule has 1 aliphatic heterocycles. The molecule has 6 nitrogen and oxygen atoms in total. The van der Waals surface area contributed by atoms with Gasteiger partial charge in [0.2, 0.25) is 11.8 Å². The van der Waals surface area contributed by atoms with Crippen LogP contribution in [-0.2, 0) is 16.6 Å². The van der Waals surface area contributed by atoms with E-state index in [0.29, 0.717) is 11.8 Å². The fraction of sp³-hybridized carbons (Fsp3) is 0.267. The summed E-state index contributed by atoms with van der Waals surface area (Å²) >= 11 is 0. The minimum Gasteiger partial charge on any atom is -0.323 e. The van der Waals surface area contributed by atoms with Crippen molar-refractivity contribution in [3.63, 3.8) is 0 Å². The van der Waals surface area contributed by atoms with E-state index in [0.717, 1.165) is 6.07 Å². The number of anilines is 2. The number of hydrogen-bond donors (Lipinski definition) is 1. The third-order valence-electron chi connectivity index (χ3n) is 3.67. The molecule has 1 aliphatic rings. The maximum atomic E-state index is 13.8. The first kappa shape index (κ1) is 15.1. The minimum absolute atomic E-state index is 0.0203. The van der Waals surface area contributed by atoms with Gasteiger partial charge in [-0.05, 0) is 12.1 Å². The normalized spacial score (nSPS) is 17.6. The number of nitrogens with one attached hydrogen (secondary N) is 1. The molecule has 2 heterocycles. The number of carbonyl (C=O) groups excluding carboxylic acids is 2. The molecule has 1 unspecified atom stereocenters. The van der Waals surface area contributed by atoms with Crippen LogP contribution in [0, 0.1) is 17.6 Å². The predicted molar refractivity (Wildman–Crippen MR) is 78.7 cm³/mol. The molecule has 0 radical (unpaired) electrons. The molecule has 0 aliphatic carbocycles. The minimum atomic E-state index is -0.827. The number of benzene rings is 1. The summed E-state index contributed by atoms with van der Waals surface area (Å²) < 4.78 is 28.3. The number of rotatable bonds is 3. The highest BCUT2D eigenvalue weighted by molar-refractivity contribution is 6.03. The molecule has 120 valence electrons. The van der Waals surface area contributed by atoms with Gasteiger partial charge in [0.1, 0.15) is 11.6 Å². The number of halogens is 2. The summed E-state index contributed by atoms with van der Waals surface area (Å²) in [6.07, 6.45) is 3.10. The van der Waals surface area contributed by atoms with Gasteiger partial charge in [-0.15, -0.1) is 0 Å². The summed E-state index contributed by atoms with van der Waals surface area (Å²) in [7, 11) is 1.72. The monoisotopic (exact) mass is 320 g/mol. The Labute approximate surface area is 130 Å². The van der Waals surface area contributed by atoms with E-state index in [1.807, 2.05) is 0 Å². The summed E-state index contributed by atoms with van der Waals surface area (Å²) in [5.74, 6) is -2.86. The third-order valence-corrected chi connectivity index (χ3v) is 3.67. The van der Waals surface area contributed by atoms with Crippen molar-refractivity contribution in [2.45, 2.75) is 6.42 Å². The van der Waals surface area contributed by atoms with Gasteiger partial charge >= 0.3 is 0 Å². The molecular formula is C15H14F2N4O2. The van der Waals surface area contributed by atoms with E-state index in [9.17, 15) is 18.4 Å². The van der Waals surface area contributed by atoms with Gasteiger partial charge in [-0.25, -0.2) is 8.78 Å². The molecule has 1 N–H and O–H groups in total. The molecule has 2 amide bonds. The van der Waals surface area contributed by atoms with Gasteiger partial charge in [0.15, 0.2) is 0 Å². The van der Waals surface area contributed by atoms with Gasteiger partial charge in [-0.1, -0.05) is 0 Å². The fourth-order valence-corrected chi connectivity index (χ4v) is 2.55. The lowest BCUT2D eigenvalue weighted by molar-refractivity contribution is -0.122. The lowest BCUT2D eigenvalue weighted by Gasteiger charge is -2.17. The SMILES string of the molecule is Cn1cc(NC(=O)C2CC(=O)N(c3ccc(F)cc3F)C2)cn1. The van der Waals surface area contributed by atoms with Gasteiger partial charge in [-0.3, -0.25) is 14.3 Å². The van der Waals surface area contributed by atoms with Crippen molar-refractivity contribution < 1.29 is 18.4 Å². The number of hydrogen-bond acceptors (Lipinski definition) is 3. The second-order valence-corrected chi connectivity index (χ2v) is 5.39. The van der Waals surface area contributed by atoms with E-state index < -0.39 is 17.6 Å². The molecule has 1 saturated heterocycles. The van der Waals surface area contributed by atoms with Crippen molar-refractivity contribution in [3.8, 4) is 0 Å². The van der Waals surface area contributed by atoms with Crippen LogP contribution in [0.5, 0.6) is 0 Å². The Morgan fingerprint density at radius 1 is 1.39 bits per heavy atom. The first-order valence-electron chi connectivity index (χ1n) is 6.99. The number of carbonyl (C=O) groups is 2. The zero-order valence-corrected chi connectivity index (χ0v) is 12.3. The number of aryl methyl sites for hydroxylation is 1. The van der Waals surface area contributed by atoms with Crippen LogP contribution in [0.3, 0.4) is 0 Å². The van der Waals surface area contributed by atoms with Crippen molar-refractivity contribution in [1.29, 1.82) is 0 Å². The zero-order valence-electron chi connectivity index (χ0n) is 12.3. The molecule has 3 rings (SSSR count). The Morgan fingerprint density at radius 3 is 2.83 bits per heavy atom. The largest absolute Gasteiger partial charge is 0.323 e. The topological polar surface area (TPSA) is 67.2 Å². The highest BCUT2D eigenvalue weighted by atomic mass is 19.1. The number of amides is 2. The lowest BCUT2D eigenvalue weighted by atomic mass is 10.1. The highest BCUT2D eigenvalue weighted by Crippen LogP contribution is 2.28. The molecule has 1 aromatic carbocycles. The fourth-order valence-electron chi connectivity index (χ4n) is 2.55. The van der Waals surface area contributed by atoms with Crippen LogP contribution < -0.4 is 10.2 Å². The van der Waals surface area contributed by atoms with Gasteiger partial charge in [0.05, 0.1) is 23.5 Å². The molecule has 0 bridgehead atoms. The summed E-state index contributed by atoms with van der Waals surface area (Å²) in [6.45, 7) is 0.0491. The van der Waals surface area contributed by atoms with Crippen LogP contribution in [0.2, 0.25) is 0 Å². The maximum absolute atomic E-state index is 13.8. The van der Waals surface area contributed by atoms with Crippen molar-refractivity contribution in [1.82, 2.24) is 9.78 Å². The smallest absolute Gasteiger partial charge is 0.229 e. The standard InChI is InChI=1S/C15H14F2N4O2/c1-20-8-11(6-18-20)19-15(23)9-4-14(22)21(7-9)13-3-2-10(16)5-12(13)17/h2-3,5-6,8-9H,4,7H2,1H3,(H,19,23). The second kappa shape index (κ2) is 5.79. The Morgan fingerprint density at radius 2 is 2.17 bits per heavy atom. The molecule has 1 atom stereocenters. The molecule has 2 aromatic rings. The van der Waals surface area contributed by atoms with E-state index in [-0.39, 0.29) is 30.5 Å². The lowest BCUT2D eigenvalue weighted by Crippen LogP contribution is -2.28. The van der Waals surface area contributed by atoms with Crippen molar-refractivity contribution in [2.24, 2.45) is 13.0 Å². The van der Waals surface area contributed by atoms with Crippen LogP contribution in [-0.4, -0.2) is 28.1 Å². The van der Waals surface area contributed by atoms with Gasteiger partial charge in [0.25, 0.3) is 0 Å². The molecule has 8 heteroatoms. The first-order chi connectivity index (χ1) is 10.9. The molecule has 1 fully saturated rings. The number of nitrogens with zero attached hydrogens (tertiary/aromatic N) is 3. The second-order valence-electron chi connectivity index (χ2n) is 5.39. The maximum Gasteiger partial charge on any atom is 0.229 e. The molecule has 1 aromatic heterocycles. The molecule has 0 saturated carbocycles. The summed E-state index contributed by atoms with van der Waals surface area (Å²) in [6, 6.07) is 2.99. The summed E-state index contributed by atoms with van der Waals surface area (Å²) in [5, 5.41) is 6.60. The average Bonchev–Trinajstić information content (AvgIpc) is 3.05. The highest BCUT2D eigenvalue weighted by Gasteiger charge is 2.36. The van der Waals surface area contributed by atoms with Crippen LogP contribution >= 0.6 is 0 Å². The Balaban J connectivity index is 1.73. The average molecular weight is 320 g/mol. The predicted octanol–water partition coefficient (Wildman–Crippen LogP) is 1.69. The van der Waals surface area contributed by atoms with Gasteiger partial charge in [0, 0.05) is 32.3 Å². The van der Waals surface area contributed by atoms with Crippen LogP contribution in [0.4, 0.5) is 20.2 Å². The molecule has 23 heavy (non-hydrogen) atoms. The van der Waals surface area contributed by atoms with Crippen LogP contribution in [0.15, 0.2) is 30.6 Å². The molecule has 0 spiro atoms. The molecular weight excluding hydrogens is 306 g/mol.